The summed E-state index contributed by atoms with van der Waals surface area (Å²) in [6, 6.07) is 6.96. The zero-order chi connectivity index (χ0) is 17.5. The number of carbonyl (C=O) groups excluding carboxylic acids is 1. The molecule has 0 atom stereocenters. The molecule has 0 aliphatic carbocycles. The van der Waals surface area contributed by atoms with Gasteiger partial charge in [-0.15, -0.1) is 0 Å². The fourth-order valence-corrected chi connectivity index (χ4v) is 2.47. The first kappa shape index (κ1) is 18.3. The highest BCUT2D eigenvalue weighted by molar-refractivity contribution is 9.10. The van der Waals surface area contributed by atoms with Crippen molar-refractivity contribution in [2.24, 2.45) is 0 Å². The van der Waals surface area contributed by atoms with Crippen molar-refractivity contribution in [3.63, 3.8) is 0 Å². The van der Waals surface area contributed by atoms with Crippen LogP contribution in [0, 0.1) is 0 Å². The predicted octanol–water partition coefficient (Wildman–Crippen LogP) is 4.56. The SMILES string of the molecule is CCOc1cc(/C=C/C(=O)Nc2ccc(Br)cn2)cc(Cl)c1OC. The molecule has 24 heavy (non-hydrogen) atoms. The molecule has 7 heteroatoms. The lowest BCUT2D eigenvalue weighted by atomic mass is 10.2. The molecular weight excluding hydrogens is 396 g/mol. The largest absolute Gasteiger partial charge is 0.491 e. The first-order valence-corrected chi connectivity index (χ1v) is 8.31. The molecular formula is C17H16BrClN2O3. The molecule has 2 aromatic rings. The van der Waals surface area contributed by atoms with Crippen LogP contribution in [0.25, 0.3) is 6.08 Å². The molecule has 0 spiro atoms. The first-order valence-electron chi connectivity index (χ1n) is 7.14. The van der Waals surface area contributed by atoms with Gasteiger partial charge in [0, 0.05) is 16.7 Å². The predicted molar refractivity (Wildman–Crippen MR) is 98.8 cm³/mol. The Morgan fingerprint density at radius 1 is 1.42 bits per heavy atom. The quantitative estimate of drug-likeness (QED) is 0.708. The summed E-state index contributed by atoms with van der Waals surface area (Å²) in [5.41, 5.74) is 0.725. The fourth-order valence-electron chi connectivity index (χ4n) is 1.93. The van der Waals surface area contributed by atoms with Gasteiger partial charge in [-0.25, -0.2) is 4.98 Å². The normalized spacial score (nSPS) is 10.7. The molecule has 0 fully saturated rings. The lowest BCUT2D eigenvalue weighted by molar-refractivity contribution is -0.111. The summed E-state index contributed by atoms with van der Waals surface area (Å²) in [5, 5.41) is 3.08. The molecule has 5 nitrogen and oxygen atoms in total. The highest BCUT2D eigenvalue weighted by Crippen LogP contribution is 2.36. The number of benzene rings is 1. The molecule has 0 bridgehead atoms. The molecule has 0 saturated heterocycles. The Kier molecular flexibility index (Phi) is 6.63. The molecule has 0 unspecified atom stereocenters. The number of halogens is 2. The van der Waals surface area contributed by atoms with Gasteiger partial charge in [0.15, 0.2) is 11.5 Å². The smallest absolute Gasteiger partial charge is 0.249 e. The number of hydrogen-bond donors (Lipinski definition) is 1. The molecule has 1 heterocycles. The van der Waals surface area contributed by atoms with Crippen LogP contribution < -0.4 is 14.8 Å². The second-order valence-electron chi connectivity index (χ2n) is 4.65. The maximum absolute atomic E-state index is 12.0. The summed E-state index contributed by atoms with van der Waals surface area (Å²) in [6.45, 7) is 2.35. The van der Waals surface area contributed by atoms with Gasteiger partial charge in [0.1, 0.15) is 5.82 Å². The van der Waals surface area contributed by atoms with Gasteiger partial charge in [0.2, 0.25) is 5.91 Å². The van der Waals surface area contributed by atoms with Gasteiger partial charge in [-0.2, -0.15) is 0 Å². The summed E-state index contributed by atoms with van der Waals surface area (Å²) in [7, 11) is 1.53. The number of anilines is 1. The van der Waals surface area contributed by atoms with E-state index < -0.39 is 0 Å². The van der Waals surface area contributed by atoms with Gasteiger partial charge in [-0.3, -0.25) is 4.79 Å². The molecule has 1 aromatic heterocycles. The van der Waals surface area contributed by atoms with E-state index in [9.17, 15) is 4.79 Å². The number of hydrogen-bond acceptors (Lipinski definition) is 4. The summed E-state index contributed by atoms with van der Waals surface area (Å²) >= 11 is 9.46. The molecule has 1 aromatic carbocycles. The van der Waals surface area contributed by atoms with E-state index >= 15 is 0 Å². The van der Waals surface area contributed by atoms with E-state index in [1.165, 1.54) is 13.2 Å². The third-order valence-electron chi connectivity index (χ3n) is 2.94. The lowest BCUT2D eigenvalue weighted by Crippen LogP contribution is -2.08. The number of carbonyl (C=O) groups is 1. The van der Waals surface area contributed by atoms with E-state index in [-0.39, 0.29) is 5.91 Å². The number of rotatable bonds is 6. The van der Waals surface area contributed by atoms with Gasteiger partial charge in [-0.1, -0.05) is 11.6 Å². The topological polar surface area (TPSA) is 60.5 Å². The molecule has 0 aliphatic heterocycles. The highest BCUT2D eigenvalue weighted by Gasteiger charge is 2.10. The van der Waals surface area contributed by atoms with Crippen molar-refractivity contribution in [3.8, 4) is 11.5 Å². The second kappa shape index (κ2) is 8.70. The molecule has 0 saturated carbocycles. The molecule has 2 rings (SSSR count). The Bertz CT molecular complexity index is 748. The van der Waals surface area contributed by atoms with Crippen LogP contribution in [0.1, 0.15) is 12.5 Å². The van der Waals surface area contributed by atoms with Crippen molar-refractivity contribution in [2.45, 2.75) is 6.92 Å². The highest BCUT2D eigenvalue weighted by atomic mass is 79.9. The van der Waals surface area contributed by atoms with Gasteiger partial charge in [0.05, 0.1) is 18.7 Å². The van der Waals surface area contributed by atoms with Crippen molar-refractivity contribution in [2.75, 3.05) is 19.0 Å². The molecule has 126 valence electrons. The standard InChI is InChI=1S/C17H16BrClN2O3/c1-3-24-14-9-11(8-13(19)17(14)23-2)4-7-16(22)21-15-6-5-12(18)10-20-15/h4-10H,3H2,1-2H3,(H,20,21,22)/b7-4+. The van der Waals surface area contributed by atoms with Crippen LogP contribution in [0.4, 0.5) is 5.82 Å². The average molecular weight is 412 g/mol. The van der Waals surface area contributed by atoms with Crippen LogP contribution in [0.3, 0.4) is 0 Å². The fraction of sp³-hybridized carbons (Fsp3) is 0.176. The molecule has 0 radical (unpaired) electrons. The minimum Gasteiger partial charge on any atom is -0.491 e. The minimum absolute atomic E-state index is 0.297. The van der Waals surface area contributed by atoms with Crippen molar-refractivity contribution >= 4 is 45.3 Å². The maximum Gasteiger partial charge on any atom is 0.249 e. The number of aromatic nitrogens is 1. The zero-order valence-electron chi connectivity index (χ0n) is 13.2. The zero-order valence-corrected chi connectivity index (χ0v) is 15.5. The minimum atomic E-state index is -0.297. The number of ether oxygens (including phenoxy) is 2. The Morgan fingerprint density at radius 2 is 2.21 bits per heavy atom. The van der Waals surface area contributed by atoms with Gasteiger partial charge in [-0.05, 0) is 58.8 Å². The molecule has 1 N–H and O–H groups in total. The van der Waals surface area contributed by atoms with Crippen molar-refractivity contribution < 1.29 is 14.3 Å². The van der Waals surface area contributed by atoms with Crippen molar-refractivity contribution in [3.05, 3.63) is 51.6 Å². The van der Waals surface area contributed by atoms with Crippen LogP contribution in [-0.4, -0.2) is 24.6 Å². The number of pyridine rings is 1. The third-order valence-corrected chi connectivity index (χ3v) is 3.69. The van der Waals surface area contributed by atoms with E-state index in [0.717, 1.165) is 10.0 Å². The average Bonchev–Trinajstić information content (AvgIpc) is 2.55. The van der Waals surface area contributed by atoms with Crippen LogP contribution >= 0.6 is 27.5 Å². The summed E-state index contributed by atoms with van der Waals surface area (Å²) in [4.78, 5) is 16.0. The first-order chi connectivity index (χ1) is 11.5. The van der Waals surface area contributed by atoms with E-state index in [4.69, 9.17) is 21.1 Å². The summed E-state index contributed by atoms with van der Waals surface area (Å²) < 4.78 is 11.6. The maximum atomic E-state index is 12.0. The van der Waals surface area contributed by atoms with Crippen LogP contribution in [0.5, 0.6) is 11.5 Å². The Balaban J connectivity index is 2.12. The van der Waals surface area contributed by atoms with Crippen LogP contribution in [0.15, 0.2) is 41.0 Å². The van der Waals surface area contributed by atoms with E-state index in [1.54, 1.807) is 36.5 Å². The Labute approximate surface area is 153 Å². The van der Waals surface area contributed by atoms with E-state index in [0.29, 0.717) is 28.9 Å². The van der Waals surface area contributed by atoms with Gasteiger partial charge < -0.3 is 14.8 Å². The van der Waals surface area contributed by atoms with Gasteiger partial charge >= 0.3 is 0 Å². The van der Waals surface area contributed by atoms with Crippen molar-refractivity contribution in [1.82, 2.24) is 4.98 Å². The number of nitrogens with zero attached hydrogens (tertiary/aromatic N) is 1. The third kappa shape index (κ3) is 4.97. The van der Waals surface area contributed by atoms with Crippen molar-refractivity contribution in [1.29, 1.82) is 0 Å². The van der Waals surface area contributed by atoms with Gasteiger partial charge in [0.25, 0.3) is 0 Å². The van der Waals surface area contributed by atoms with E-state index in [2.05, 4.69) is 26.2 Å². The lowest BCUT2D eigenvalue weighted by Gasteiger charge is -2.11. The monoisotopic (exact) mass is 410 g/mol. The van der Waals surface area contributed by atoms with E-state index in [1.807, 2.05) is 6.92 Å². The molecule has 1 amide bonds. The summed E-state index contributed by atoms with van der Waals surface area (Å²) in [5.74, 6) is 1.17. The van der Waals surface area contributed by atoms with Crippen LogP contribution in [0.2, 0.25) is 5.02 Å². The van der Waals surface area contributed by atoms with Crippen LogP contribution in [-0.2, 0) is 4.79 Å². The number of nitrogens with one attached hydrogen (secondary N) is 1. The Hall–Kier alpha value is -2.05. The number of amides is 1. The Morgan fingerprint density at radius 3 is 2.83 bits per heavy atom. The second-order valence-corrected chi connectivity index (χ2v) is 5.97. The molecule has 0 aliphatic rings. The summed E-state index contributed by atoms with van der Waals surface area (Å²) in [6.07, 6.45) is 4.65. The number of methoxy groups -OCH3 is 1.